The lowest BCUT2D eigenvalue weighted by Gasteiger charge is -2.13. The molecule has 0 amide bonds. The van der Waals surface area contributed by atoms with E-state index in [-0.39, 0.29) is 29.0 Å². The zero-order chi connectivity index (χ0) is 18.7. The second-order valence-corrected chi connectivity index (χ2v) is 5.97. The number of rotatable bonds is 5. The summed E-state index contributed by atoms with van der Waals surface area (Å²) in [6.07, 6.45) is 1.27. The van der Waals surface area contributed by atoms with Crippen LogP contribution in [0.25, 0.3) is 0 Å². The third-order valence-corrected chi connectivity index (χ3v) is 3.95. The SMILES string of the molecule is Bc1ccc(Nc2cc(=O)n(Cc3ccccc3)cc2C(=O)O)c(F)c1. The Bertz CT molecular complexity index is 1020. The van der Waals surface area contributed by atoms with E-state index in [1.54, 1.807) is 13.9 Å². The van der Waals surface area contributed by atoms with Crippen molar-refractivity contribution < 1.29 is 14.3 Å². The highest BCUT2D eigenvalue weighted by molar-refractivity contribution is 6.32. The summed E-state index contributed by atoms with van der Waals surface area (Å²) in [5, 5.41) is 12.2. The van der Waals surface area contributed by atoms with Gasteiger partial charge in [-0.3, -0.25) is 4.79 Å². The summed E-state index contributed by atoms with van der Waals surface area (Å²) in [6.45, 7) is 0.249. The molecule has 2 aromatic carbocycles. The van der Waals surface area contributed by atoms with Crippen LogP contribution in [0.2, 0.25) is 0 Å². The maximum atomic E-state index is 14.0. The van der Waals surface area contributed by atoms with Gasteiger partial charge in [-0.2, -0.15) is 0 Å². The number of carboxylic acids is 1. The summed E-state index contributed by atoms with van der Waals surface area (Å²) in [5.41, 5.74) is 1.28. The maximum Gasteiger partial charge on any atom is 0.339 e. The van der Waals surface area contributed by atoms with Crippen LogP contribution in [0.1, 0.15) is 15.9 Å². The molecule has 0 atom stereocenters. The van der Waals surface area contributed by atoms with E-state index >= 15 is 0 Å². The molecule has 0 unspecified atom stereocenters. The zero-order valence-electron chi connectivity index (χ0n) is 14.1. The van der Waals surface area contributed by atoms with Crippen molar-refractivity contribution in [3.8, 4) is 0 Å². The van der Waals surface area contributed by atoms with Crippen LogP contribution < -0.4 is 16.3 Å². The minimum Gasteiger partial charge on any atom is -0.478 e. The minimum atomic E-state index is -1.21. The van der Waals surface area contributed by atoms with Crippen LogP contribution in [0.15, 0.2) is 65.6 Å². The molecular formula is C19H16BFN2O3. The molecule has 0 fully saturated rings. The highest BCUT2D eigenvalue weighted by Crippen LogP contribution is 2.21. The Labute approximate surface area is 150 Å². The van der Waals surface area contributed by atoms with Crippen molar-refractivity contribution in [1.82, 2.24) is 4.57 Å². The first-order chi connectivity index (χ1) is 12.4. The van der Waals surface area contributed by atoms with Crippen LogP contribution in [0, 0.1) is 5.82 Å². The van der Waals surface area contributed by atoms with Crippen molar-refractivity contribution in [3.63, 3.8) is 0 Å². The van der Waals surface area contributed by atoms with Gasteiger partial charge < -0.3 is 15.0 Å². The van der Waals surface area contributed by atoms with Crippen LogP contribution in [-0.4, -0.2) is 23.5 Å². The van der Waals surface area contributed by atoms with Crippen molar-refractivity contribution in [2.75, 3.05) is 5.32 Å². The molecule has 0 spiro atoms. The van der Waals surface area contributed by atoms with Crippen molar-refractivity contribution in [3.05, 3.63) is 88.1 Å². The number of nitrogens with zero attached hydrogens (tertiary/aromatic N) is 1. The number of aromatic carboxylic acids is 1. The van der Waals surface area contributed by atoms with Gasteiger partial charge in [0.05, 0.1) is 23.5 Å². The maximum absolute atomic E-state index is 14.0. The fourth-order valence-corrected chi connectivity index (χ4v) is 2.62. The van der Waals surface area contributed by atoms with E-state index in [2.05, 4.69) is 5.32 Å². The van der Waals surface area contributed by atoms with Crippen LogP contribution in [0.5, 0.6) is 0 Å². The monoisotopic (exact) mass is 350 g/mol. The number of pyridine rings is 1. The highest BCUT2D eigenvalue weighted by atomic mass is 19.1. The number of carbonyl (C=O) groups is 1. The van der Waals surface area contributed by atoms with Gasteiger partial charge in [0.15, 0.2) is 0 Å². The second-order valence-electron chi connectivity index (χ2n) is 5.97. The largest absolute Gasteiger partial charge is 0.478 e. The third kappa shape index (κ3) is 3.83. The van der Waals surface area contributed by atoms with Crippen molar-refractivity contribution in [1.29, 1.82) is 0 Å². The number of nitrogens with one attached hydrogen (secondary N) is 1. The predicted octanol–water partition coefficient (Wildman–Crippen LogP) is 1.74. The standard InChI is InChI=1S/C19H16BFN2O3/c20-13-6-7-16(15(21)8-13)22-17-9-18(24)23(11-14(17)19(25)26)10-12-4-2-1-3-5-12/h1-9,11,22H,10,20H2,(H,25,26). The summed E-state index contributed by atoms with van der Waals surface area (Å²) >= 11 is 0. The van der Waals surface area contributed by atoms with Gasteiger partial charge in [0, 0.05) is 12.3 Å². The van der Waals surface area contributed by atoms with Gasteiger partial charge in [-0.1, -0.05) is 41.9 Å². The molecule has 130 valence electrons. The number of benzene rings is 2. The minimum absolute atomic E-state index is 0.0505. The molecule has 1 heterocycles. The van der Waals surface area contributed by atoms with Crippen LogP contribution in [-0.2, 0) is 6.54 Å². The Hall–Kier alpha value is -3.35. The van der Waals surface area contributed by atoms with E-state index < -0.39 is 11.8 Å². The average molecular weight is 350 g/mol. The molecular weight excluding hydrogens is 334 g/mol. The molecule has 3 aromatic rings. The van der Waals surface area contributed by atoms with Gasteiger partial charge in [-0.25, -0.2) is 9.18 Å². The molecule has 0 aliphatic carbocycles. The van der Waals surface area contributed by atoms with E-state index in [0.29, 0.717) is 0 Å². The molecule has 2 N–H and O–H groups in total. The molecule has 3 rings (SSSR count). The van der Waals surface area contributed by atoms with Gasteiger partial charge in [-0.05, 0) is 17.7 Å². The molecule has 1 aromatic heterocycles. The van der Waals surface area contributed by atoms with E-state index in [1.165, 1.54) is 29.0 Å². The lowest BCUT2D eigenvalue weighted by atomic mass is 9.96. The Morgan fingerprint density at radius 3 is 2.50 bits per heavy atom. The van der Waals surface area contributed by atoms with E-state index in [9.17, 15) is 19.1 Å². The number of carboxylic acid groups (broad SMARTS) is 1. The first-order valence-electron chi connectivity index (χ1n) is 7.99. The number of hydrogen-bond donors (Lipinski definition) is 2. The molecule has 5 nitrogen and oxygen atoms in total. The van der Waals surface area contributed by atoms with Crippen LogP contribution in [0.3, 0.4) is 0 Å². The Kier molecular flexibility index (Phi) is 4.88. The smallest absolute Gasteiger partial charge is 0.339 e. The van der Waals surface area contributed by atoms with Gasteiger partial charge in [-0.15, -0.1) is 0 Å². The fourth-order valence-electron chi connectivity index (χ4n) is 2.62. The summed E-state index contributed by atoms with van der Waals surface area (Å²) < 4.78 is 15.4. The zero-order valence-corrected chi connectivity index (χ0v) is 14.1. The van der Waals surface area contributed by atoms with Crippen LogP contribution >= 0.6 is 0 Å². The molecule has 0 bridgehead atoms. The topological polar surface area (TPSA) is 71.3 Å². The molecule has 0 saturated carbocycles. The van der Waals surface area contributed by atoms with Crippen molar-refractivity contribution >= 4 is 30.7 Å². The van der Waals surface area contributed by atoms with E-state index in [4.69, 9.17) is 0 Å². The van der Waals surface area contributed by atoms with E-state index in [1.807, 2.05) is 30.3 Å². The molecule has 0 aliphatic rings. The average Bonchev–Trinajstić information content (AvgIpc) is 2.60. The lowest BCUT2D eigenvalue weighted by Crippen LogP contribution is -2.22. The fraction of sp³-hybridized carbons (Fsp3) is 0.0526. The Morgan fingerprint density at radius 2 is 1.85 bits per heavy atom. The summed E-state index contributed by atoms with van der Waals surface area (Å²) in [6, 6.07) is 14.9. The summed E-state index contributed by atoms with van der Waals surface area (Å²) in [4.78, 5) is 24.0. The predicted molar refractivity (Wildman–Crippen MR) is 101 cm³/mol. The summed E-state index contributed by atoms with van der Waals surface area (Å²) in [7, 11) is 1.75. The first-order valence-corrected chi connectivity index (χ1v) is 7.99. The van der Waals surface area contributed by atoms with E-state index in [0.717, 1.165) is 11.0 Å². The highest BCUT2D eigenvalue weighted by Gasteiger charge is 2.15. The molecule has 7 heteroatoms. The quantitative estimate of drug-likeness (QED) is 0.688. The number of anilines is 2. The Morgan fingerprint density at radius 1 is 1.12 bits per heavy atom. The van der Waals surface area contributed by atoms with Gasteiger partial charge in [0.2, 0.25) is 0 Å². The van der Waals surface area contributed by atoms with Crippen molar-refractivity contribution in [2.24, 2.45) is 0 Å². The molecule has 0 radical (unpaired) electrons. The molecule has 0 saturated heterocycles. The molecule has 0 aliphatic heterocycles. The number of hydrogen-bond acceptors (Lipinski definition) is 3. The Balaban J connectivity index is 1.99. The normalized spacial score (nSPS) is 10.5. The van der Waals surface area contributed by atoms with Gasteiger partial charge in [0.25, 0.3) is 5.56 Å². The van der Waals surface area contributed by atoms with Crippen LogP contribution in [0.4, 0.5) is 15.8 Å². The third-order valence-electron chi connectivity index (χ3n) is 3.95. The van der Waals surface area contributed by atoms with Crippen molar-refractivity contribution in [2.45, 2.75) is 6.54 Å². The molecule has 26 heavy (non-hydrogen) atoms. The first kappa shape index (κ1) is 17.5. The van der Waals surface area contributed by atoms with Gasteiger partial charge in [0.1, 0.15) is 13.7 Å². The summed E-state index contributed by atoms with van der Waals surface area (Å²) in [5.74, 6) is -1.73. The second kappa shape index (κ2) is 7.27. The van der Waals surface area contributed by atoms with Gasteiger partial charge >= 0.3 is 5.97 Å². The number of aromatic nitrogens is 1. The number of halogens is 1. The lowest BCUT2D eigenvalue weighted by molar-refractivity contribution is 0.0697.